The van der Waals surface area contributed by atoms with Gasteiger partial charge in [-0.15, -0.1) is 11.3 Å². The Morgan fingerprint density at radius 3 is 2.62 bits per heavy atom. The van der Waals surface area contributed by atoms with Crippen molar-refractivity contribution in [2.45, 2.75) is 27.2 Å². The molecule has 2 aromatic rings. The molecule has 0 bridgehead atoms. The van der Waals surface area contributed by atoms with Crippen molar-refractivity contribution in [1.29, 1.82) is 0 Å². The van der Waals surface area contributed by atoms with E-state index in [1.807, 2.05) is 43.4 Å². The first-order valence-corrected chi connectivity index (χ1v) is 6.51. The van der Waals surface area contributed by atoms with Crippen molar-refractivity contribution in [3.05, 3.63) is 35.2 Å². The predicted octanol–water partition coefficient (Wildman–Crippen LogP) is 4.72. The van der Waals surface area contributed by atoms with E-state index in [4.69, 9.17) is 5.73 Å². The Morgan fingerprint density at radius 2 is 2.06 bits per heavy atom. The van der Waals surface area contributed by atoms with Gasteiger partial charge < -0.3 is 5.73 Å². The lowest BCUT2D eigenvalue weighted by Crippen LogP contribution is -1.83. The molecule has 16 heavy (non-hydrogen) atoms. The Labute approximate surface area is 102 Å². The monoisotopic (exact) mass is 233 g/mol. The molecule has 0 amide bonds. The maximum absolute atomic E-state index is 5.77. The van der Waals surface area contributed by atoms with E-state index in [-0.39, 0.29) is 0 Å². The molecule has 0 radical (unpaired) electrons. The quantitative estimate of drug-likeness (QED) is 0.746. The van der Waals surface area contributed by atoms with Crippen LogP contribution < -0.4 is 5.73 Å². The summed E-state index contributed by atoms with van der Waals surface area (Å²) in [6.45, 7) is 10.0. The van der Waals surface area contributed by atoms with Crippen molar-refractivity contribution in [2.75, 3.05) is 5.73 Å². The first kappa shape index (κ1) is 12.8. The fraction of sp³-hybridized carbons (Fsp3) is 0.286. The average Bonchev–Trinajstić information content (AvgIpc) is 2.68. The number of nitrogen functional groups attached to an aromatic ring is 1. The fourth-order valence-electron chi connectivity index (χ4n) is 1.67. The average molecular weight is 233 g/mol. The zero-order valence-corrected chi connectivity index (χ0v) is 11.0. The second-order valence-corrected chi connectivity index (χ2v) is 4.39. The molecule has 1 heterocycles. The third kappa shape index (κ3) is 2.27. The summed E-state index contributed by atoms with van der Waals surface area (Å²) in [6, 6.07) is 6.06. The van der Waals surface area contributed by atoms with Gasteiger partial charge in [0.25, 0.3) is 0 Å². The Kier molecular flexibility index (Phi) is 4.56. The van der Waals surface area contributed by atoms with Crippen LogP contribution in [0.15, 0.2) is 24.8 Å². The highest BCUT2D eigenvalue weighted by molar-refractivity contribution is 7.19. The largest absolute Gasteiger partial charge is 0.399 e. The lowest BCUT2D eigenvalue weighted by Gasteiger charge is -1.95. The number of nitrogens with two attached hydrogens (primary N) is 1. The lowest BCUT2D eigenvalue weighted by atomic mass is 10.1. The first-order valence-electron chi connectivity index (χ1n) is 5.69. The van der Waals surface area contributed by atoms with Gasteiger partial charge in [-0.3, -0.25) is 0 Å². The summed E-state index contributed by atoms with van der Waals surface area (Å²) in [5, 5.41) is 1.24. The number of rotatable bonds is 2. The second-order valence-electron chi connectivity index (χ2n) is 3.25. The van der Waals surface area contributed by atoms with Crippen molar-refractivity contribution >= 4 is 33.2 Å². The minimum Gasteiger partial charge on any atom is -0.399 e. The number of thiophene rings is 1. The molecule has 0 atom stereocenters. The lowest BCUT2D eigenvalue weighted by molar-refractivity contribution is 1.18. The van der Waals surface area contributed by atoms with Crippen LogP contribution in [0.5, 0.6) is 0 Å². The van der Waals surface area contributed by atoms with Gasteiger partial charge >= 0.3 is 0 Å². The number of aryl methyl sites for hydroxylation is 1. The highest BCUT2D eigenvalue weighted by Crippen LogP contribution is 2.33. The molecular weight excluding hydrogens is 214 g/mol. The molecule has 1 aromatic carbocycles. The van der Waals surface area contributed by atoms with Gasteiger partial charge in [0, 0.05) is 20.7 Å². The number of hydrogen-bond donors (Lipinski definition) is 1. The zero-order chi connectivity index (χ0) is 12.1. The smallest absolute Gasteiger partial charge is 0.0353 e. The highest BCUT2D eigenvalue weighted by Gasteiger charge is 2.07. The van der Waals surface area contributed by atoms with Crippen molar-refractivity contribution in [1.82, 2.24) is 0 Å². The molecule has 2 heteroatoms. The van der Waals surface area contributed by atoms with Crippen molar-refractivity contribution in [3.63, 3.8) is 0 Å². The van der Waals surface area contributed by atoms with Crippen LogP contribution in [0.4, 0.5) is 5.69 Å². The maximum Gasteiger partial charge on any atom is 0.0353 e. The molecule has 2 N–H and O–H groups in total. The minimum atomic E-state index is 0.820. The molecular formula is C14H19NS. The van der Waals surface area contributed by atoms with Crippen molar-refractivity contribution in [2.24, 2.45) is 0 Å². The van der Waals surface area contributed by atoms with Gasteiger partial charge in [-0.1, -0.05) is 33.4 Å². The summed E-state index contributed by atoms with van der Waals surface area (Å²) in [7, 11) is 0. The molecule has 0 saturated carbocycles. The van der Waals surface area contributed by atoms with Crippen LogP contribution in [-0.4, -0.2) is 0 Å². The van der Waals surface area contributed by atoms with Crippen LogP contribution >= 0.6 is 11.3 Å². The summed E-state index contributed by atoms with van der Waals surface area (Å²) in [5.41, 5.74) is 7.84. The van der Waals surface area contributed by atoms with Crippen LogP contribution in [0.25, 0.3) is 16.2 Å². The fourth-order valence-corrected chi connectivity index (χ4v) is 2.80. The van der Waals surface area contributed by atoms with E-state index < -0.39 is 0 Å². The maximum atomic E-state index is 5.77. The number of benzene rings is 1. The van der Waals surface area contributed by atoms with Crippen molar-refractivity contribution < 1.29 is 0 Å². The van der Waals surface area contributed by atoms with Gasteiger partial charge in [-0.25, -0.2) is 0 Å². The van der Waals surface area contributed by atoms with Crippen LogP contribution in [0.3, 0.4) is 0 Å². The third-order valence-corrected chi connectivity index (χ3v) is 3.68. The summed E-state index contributed by atoms with van der Waals surface area (Å²) in [6.07, 6.45) is 2.98. The Balaban J connectivity index is 0.000000606. The van der Waals surface area contributed by atoms with Crippen molar-refractivity contribution in [3.8, 4) is 0 Å². The summed E-state index contributed by atoms with van der Waals surface area (Å²) < 4.78 is 1.30. The van der Waals surface area contributed by atoms with E-state index >= 15 is 0 Å². The molecule has 0 aliphatic carbocycles. The van der Waals surface area contributed by atoms with E-state index in [2.05, 4.69) is 19.6 Å². The van der Waals surface area contributed by atoms with Gasteiger partial charge in [0.05, 0.1) is 0 Å². The number of anilines is 1. The molecule has 0 fully saturated rings. The second kappa shape index (κ2) is 5.71. The van der Waals surface area contributed by atoms with Crippen LogP contribution in [-0.2, 0) is 6.42 Å². The van der Waals surface area contributed by atoms with Gasteiger partial charge in [0.2, 0.25) is 0 Å². The normalized spacial score (nSPS) is 9.69. The Hall–Kier alpha value is -1.28. The molecule has 2 rings (SSSR count). The van der Waals surface area contributed by atoms with Crippen LogP contribution in [0.2, 0.25) is 0 Å². The molecule has 0 aliphatic heterocycles. The molecule has 0 saturated heterocycles. The standard InChI is InChI=1S/C12H13NS.C2H6/c1-3-9-10-7-8(13)5-6-12(10)14-11(9)4-2;1-2/h3,5-7H,1,4,13H2,2H3;1-2H3. The van der Waals surface area contributed by atoms with E-state index in [0.717, 1.165) is 12.1 Å². The van der Waals surface area contributed by atoms with Crippen LogP contribution in [0.1, 0.15) is 31.2 Å². The highest BCUT2D eigenvalue weighted by atomic mass is 32.1. The topological polar surface area (TPSA) is 26.0 Å². The molecule has 0 aliphatic rings. The molecule has 1 aromatic heterocycles. The predicted molar refractivity (Wildman–Crippen MR) is 77.1 cm³/mol. The Morgan fingerprint density at radius 1 is 1.38 bits per heavy atom. The summed E-state index contributed by atoms with van der Waals surface area (Å²) in [4.78, 5) is 1.39. The van der Waals surface area contributed by atoms with Crippen LogP contribution in [0, 0.1) is 0 Å². The van der Waals surface area contributed by atoms with Gasteiger partial charge in [-0.2, -0.15) is 0 Å². The number of hydrogen-bond acceptors (Lipinski definition) is 2. The molecule has 1 nitrogen and oxygen atoms in total. The molecule has 86 valence electrons. The van der Waals surface area contributed by atoms with Gasteiger partial charge in [0.15, 0.2) is 0 Å². The van der Waals surface area contributed by atoms with E-state index in [0.29, 0.717) is 0 Å². The minimum absolute atomic E-state index is 0.820. The van der Waals surface area contributed by atoms with Gasteiger partial charge in [-0.05, 0) is 30.2 Å². The van der Waals surface area contributed by atoms with E-state index in [9.17, 15) is 0 Å². The van der Waals surface area contributed by atoms with Gasteiger partial charge in [0.1, 0.15) is 0 Å². The molecule has 0 spiro atoms. The number of fused-ring (bicyclic) bond motifs is 1. The summed E-state index contributed by atoms with van der Waals surface area (Å²) >= 11 is 1.83. The van der Waals surface area contributed by atoms with E-state index in [1.165, 1.54) is 20.5 Å². The third-order valence-electron chi connectivity index (χ3n) is 2.35. The zero-order valence-electron chi connectivity index (χ0n) is 10.2. The van der Waals surface area contributed by atoms with E-state index in [1.54, 1.807) is 0 Å². The first-order chi connectivity index (χ1) is 7.76. The Bertz CT molecular complexity index is 483. The molecule has 0 unspecified atom stereocenters. The SMILES string of the molecule is C=Cc1c(CC)sc2ccc(N)cc12.CC. The summed E-state index contributed by atoms with van der Waals surface area (Å²) in [5.74, 6) is 0.